The molecule has 4 rings (SSSR count). The second-order valence-corrected chi connectivity index (χ2v) is 9.20. The van der Waals surface area contributed by atoms with Crippen molar-refractivity contribution in [3.05, 3.63) is 77.9 Å². The van der Waals surface area contributed by atoms with E-state index in [0.29, 0.717) is 43.1 Å². The van der Waals surface area contributed by atoms with Gasteiger partial charge in [-0.2, -0.15) is 0 Å². The molecule has 1 aliphatic heterocycles. The van der Waals surface area contributed by atoms with Gasteiger partial charge in [-0.25, -0.2) is 8.78 Å². The molecule has 1 aromatic heterocycles. The Morgan fingerprint density at radius 3 is 2.19 bits per heavy atom. The Morgan fingerprint density at radius 1 is 0.892 bits per heavy atom. The minimum absolute atomic E-state index is 0.0304. The minimum atomic E-state index is -0.411. The zero-order valence-corrected chi connectivity index (χ0v) is 21.1. The molecule has 0 N–H and O–H groups in total. The van der Waals surface area contributed by atoms with Gasteiger partial charge in [0.05, 0.1) is 5.69 Å². The van der Waals surface area contributed by atoms with Crippen molar-refractivity contribution in [3.8, 4) is 11.3 Å². The van der Waals surface area contributed by atoms with Gasteiger partial charge in [0.1, 0.15) is 18.2 Å². The fourth-order valence-corrected chi connectivity index (χ4v) is 4.32. The molecule has 0 bridgehead atoms. The number of carbonyl (C=O) groups excluding carboxylic acids is 2. The lowest BCUT2D eigenvalue weighted by molar-refractivity contribution is -0.132. The standard InChI is InChI=1S/C28H31F2N5O2/c1-3-20(2)35(28(37)22-7-11-24(30)12-8-22)19-27(36)34-16-4-15-33(17-18-34)26-14-13-25(31-32-26)21-5-9-23(29)10-6-21/h5-14,20H,3-4,15-19H2,1-2H3/t20-/m0/s1. The van der Waals surface area contributed by atoms with Crippen LogP contribution < -0.4 is 4.90 Å². The number of halogens is 2. The van der Waals surface area contributed by atoms with Crippen LogP contribution in [0.25, 0.3) is 11.3 Å². The van der Waals surface area contributed by atoms with Crippen LogP contribution >= 0.6 is 0 Å². The summed E-state index contributed by atoms with van der Waals surface area (Å²) in [6.07, 6.45) is 1.45. The highest BCUT2D eigenvalue weighted by Crippen LogP contribution is 2.20. The van der Waals surface area contributed by atoms with Crippen LogP contribution in [0.2, 0.25) is 0 Å². The van der Waals surface area contributed by atoms with Gasteiger partial charge in [0, 0.05) is 43.3 Å². The Kier molecular flexibility index (Phi) is 8.43. The lowest BCUT2D eigenvalue weighted by Crippen LogP contribution is -2.47. The fourth-order valence-electron chi connectivity index (χ4n) is 4.32. The maximum Gasteiger partial charge on any atom is 0.254 e. The van der Waals surface area contributed by atoms with Gasteiger partial charge in [-0.3, -0.25) is 9.59 Å². The number of nitrogens with zero attached hydrogens (tertiary/aromatic N) is 5. The van der Waals surface area contributed by atoms with E-state index in [0.717, 1.165) is 18.5 Å². The first kappa shape index (κ1) is 26.2. The van der Waals surface area contributed by atoms with Gasteiger partial charge >= 0.3 is 0 Å². The van der Waals surface area contributed by atoms with Crippen LogP contribution in [0.4, 0.5) is 14.6 Å². The molecule has 1 aliphatic rings. The van der Waals surface area contributed by atoms with Gasteiger partial charge in [0.25, 0.3) is 5.91 Å². The summed E-state index contributed by atoms with van der Waals surface area (Å²) in [6, 6.07) is 15.1. The zero-order chi connectivity index (χ0) is 26.4. The van der Waals surface area contributed by atoms with Gasteiger partial charge in [-0.05, 0) is 80.4 Å². The quantitative estimate of drug-likeness (QED) is 0.474. The molecule has 0 spiro atoms. The van der Waals surface area contributed by atoms with Crippen molar-refractivity contribution in [2.75, 3.05) is 37.6 Å². The molecule has 0 unspecified atom stereocenters. The molecule has 1 atom stereocenters. The van der Waals surface area contributed by atoms with Crippen LogP contribution in [-0.4, -0.2) is 70.6 Å². The molecule has 0 saturated carbocycles. The molecule has 3 aromatic rings. The highest BCUT2D eigenvalue weighted by atomic mass is 19.1. The Labute approximate surface area is 215 Å². The van der Waals surface area contributed by atoms with Gasteiger partial charge in [0.15, 0.2) is 5.82 Å². The maximum atomic E-state index is 13.3. The smallest absolute Gasteiger partial charge is 0.254 e. The van der Waals surface area contributed by atoms with Gasteiger partial charge in [0.2, 0.25) is 5.91 Å². The van der Waals surface area contributed by atoms with E-state index in [-0.39, 0.29) is 30.2 Å². The number of carbonyl (C=O) groups is 2. The molecule has 0 radical (unpaired) electrons. The third-order valence-corrected chi connectivity index (χ3v) is 6.74. The first-order valence-electron chi connectivity index (χ1n) is 12.5. The molecule has 9 heteroatoms. The maximum absolute atomic E-state index is 13.3. The van der Waals surface area contributed by atoms with Crippen LogP contribution in [0, 0.1) is 11.6 Å². The molecule has 1 fully saturated rings. The summed E-state index contributed by atoms with van der Waals surface area (Å²) in [5.41, 5.74) is 1.81. The lowest BCUT2D eigenvalue weighted by atomic mass is 10.1. The molecular formula is C28H31F2N5O2. The van der Waals surface area contributed by atoms with Gasteiger partial charge in [-0.1, -0.05) is 6.92 Å². The number of benzene rings is 2. The lowest BCUT2D eigenvalue weighted by Gasteiger charge is -2.31. The minimum Gasteiger partial charge on any atom is -0.353 e. The first-order valence-corrected chi connectivity index (χ1v) is 12.5. The second-order valence-electron chi connectivity index (χ2n) is 9.20. The zero-order valence-electron chi connectivity index (χ0n) is 21.1. The molecule has 2 heterocycles. The molecule has 1 saturated heterocycles. The summed E-state index contributed by atoms with van der Waals surface area (Å²) in [6.45, 7) is 6.23. The summed E-state index contributed by atoms with van der Waals surface area (Å²) >= 11 is 0. The largest absolute Gasteiger partial charge is 0.353 e. The molecule has 194 valence electrons. The van der Waals surface area contributed by atoms with E-state index in [1.54, 1.807) is 21.9 Å². The third kappa shape index (κ3) is 6.47. The number of aromatic nitrogens is 2. The Morgan fingerprint density at radius 2 is 1.57 bits per heavy atom. The van der Waals surface area contributed by atoms with Crippen molar-refractivity contribution in [1.82, 2.24) is 20.0 Å². The van der Waals surface area contributed by atoms with E-state index in [4.69, 9.17) is 0 Å². The van der Waals surface area contributed by atoms with Crippen molar-refractivity contribution in [1.29, 1.82) is 0 Å². The van der Waals surface area contributed by atoms with E-state index in [1.807, 2.05) is 26.0 Å². The summed E-state index contributed by atoms with van der Waals surface area (Å²) in [5, 5.41) is 8.66. The monoisotopic (exact) mass is 507 g/mol. The summed E-state index contributed by atoms with van der Waals surface area (Å²) in [4.78, 5) is 31.8. The Bertz CT molecular complexity index is 1200. The van der Waals surface area contributed by atoms with E-state index < -0.39 is 5.82 Å². The average Bonchev–Trinajstić information content (AvgIpc) is 3.18. The normalized spacial score (nSPS) is 14.7. The predicted octanol–water partition coefficient (Wildman–Crippen LogP) is 4.40. The van der Waals surface area contributed by atoms with Crippen molar-refractivity contribution in [3.63, 3.8) is 0 Å². The number of hydrogen-bond donors (Lipinski definition) is 0. The first-order chi connectivity index (χ1) is 17.9. The molecular weight excluding hydrogens is 476 g/mol. The number of amides is 2. The summed E-state index contributed by atoms with van der Waals surface area (Å²) < 4.78 is 26.5. The Hall–Kier alpha value is -3.88. The van der Waals surface area contributed by atoms with Crippen molar-refractivity contribution >= 4 is 17.6 Å². The van der Waals surface area contributed by atoms with Crippen LogP contribution in [0.5, 0.6) is 0 Å². The molecule has 2 aromatic carbocycles. The third-order valence-electron chi connectivity index (χ3n) is 6.74. The van der Waals surface area contributed by atoms with Crippen molar-refractivity contribution in [2.45, 2.75) is 32.7 Å². The number of hydrogen-bond acceptors (Lipinski definition) is 5. The van der Waals surface area contributed by atoms with Crippen LogP contribution in [0.15, 0.2) is 60.7 Å². The van der Waals surface area contributed by atoms with Crippen molar-refractivity contribution in [2.24, 2.45) is 0 Å². The Balaban J connectivity index is 1.39. The van der Waals surface area contributed by atoms with E-state index >= 15 is 0 Å². The van der Waals surface area contributed by atoms with Crippen LogP contribution in [0.1, 0.15) is 37.0 Å². The highest BCUT2D eigenvalue weighted by molar-refractivity contribution is 5.96. The van der Waals surface area contributed by atoms with E-state index in [2.05, 4.69) is 15.1 Å². The van der Waals surface area contributed by atoms with Crippen molar-refractivity contribution < 1.29 is 18.4 Å². The van der Waals surface area contributed by atoms with Gasteiger partial charge in [-0.15, -0.1) is 10.2 Å². The topological polar surface area (TPSA) is 69.6 Å². The molecule has 0 aliphatic carbocycles. The van der Waals surface area contributed by atoms with E-state index in [9.17, 15) is 18.4 Å². The predicted molar refractivity (Wildman–Crippen MR) is 138 cm³/mol. The van der Waals surface area contributed by atoms with Gasteiger partial charge < -0.3 is 14.7 Å². The average molecular weight is 508 g/mol. The van der Waals surface area contributed by atoms with Crippen LogP contribution in [0.3, 0.4) is 0 Å². The summed E-state index contributed by atoms with van der Waals surface area (Å²) in [7, 11) is 0. The van der Waals surface area contributed by atoms with Crippen LogP contribution in [-0.2, 0) is 4.79 Å². The number of rotatable bonds is 7. The molecule has 2 amide bonds. The summed E-state index contributed by atoms with van der Waals surface area (Å²) in [5.74, 6) is -0.394. The highest BCUT2D eigenvalue weighted by Gasteiger charge is 2.27. The number of anilines is 1. The second kappa shape index (κ2) is 11.9. The SMILES string of the molecule is CC[C@H](C)N(CC(=O)N1CCCN(c2ccc(-c3ccc(F)cc3)nn2)CC1)C(=O)c1ccc(F)cc1. The molecule has 37 heavy (non-hydrogen) atoms. The molecule has 7 nitrogen and oxygen atoms in total. The van der Waals surface area contributed by atoms with E-state index in [1.165, 1.54) is 36.4 Å². The fraction of sp³-hybridized carbons (Fsp3) is 0.357.